The highest BCUT2D eigenvalue weighted by Crippen LogP contribution is 2.17. The molecule has 0 bridgehead atoms. The number of hydrogen-bond donors (Lipinski definition) is 2. The topological polar surface area (TPSA) is 105 Å². The fraction of sp³-hybridized carbons (Fsp3) is 1.00. The minimum Gasteiger partial charge on any atom is -0.416 e. The summed E-state index contributed by atoms with van der Waals surface area (Å²) in [6, 6.07) is 0. The lowest BCUT2D eigenvalue weighted by Crippen LogP contribution is -2.52. The molecule has 0 saturated carbocycles. The molecule has 31 heavy (non-hydrogen) atoms. The normalized spacial score (nSPS) is 15.1. The van der Waals surface area contributed by atoms with Gasteiger partial charge in [0.05, 0.1) is 0 Å². The smallest absolute Gasteiger partial charge is 0.416 e. The van der Waals surface area contributed by atoms with E-state index in [4.69, 9.17) is 30.7 Å². The molecule has 1 saturated heterocycles. The predicted octanol–water partition coefficient (Wildman–Crippen LogP) is 3.47. The molecule has 190 valence electrons. The number of hydrogen-bond acceptors (Lipinski definition) is 9. The highest BCUT2D eigenvalue weighted by atomic mass is 28.5. The Hall–Kier alpha value is 0.508. The maximum Gasteiger partial charge on any atom is 0.679 e. The fourth-order valence-electron chi connectivity index (χ4n) is 2.69. The third-order valence-electron chi connectivity index (χ3n) is 3.10. The lowest BCUT2D eigenvalue weighted by Gasteiger charge is -2.33. The molecule has 1 aliphatic heterocycles. The fourth-order valence-corrected chi connectivity index (χ4v) is 14.8. The molecule has 0 aromatic rings. The van der Waals surface area contributed by atoms with E-state index in [0.717, 1.165) is 13.2 Å². The molecule has 13 heteroatoms. The molecule has 0 unspecified atom stereocenters. The van der Waals surface area contributed by atoms with Crippen molar-refractivity contribution < 1.29 is 40.3 Å². The summed E-state index contributed by atoms with van der Waals surface area (Å²) >= 11 is 0. The molecule has 1 rings (SSSR count). The van der Waals surface area contributed by atoms with Crippen LogP contribution in [-0.4, -0.2) is 84.0 Å². The van der Waals surface area contributed by atoms with Gasteiger partial charge in [0.25, 0.3) is 0 Å². The van der Waals surface area contributed by atoms with E-state index in [-0.39, 0.29) is 0 Å². The minimum absolute atomic E-state index is 0.548. The summed E-state index contributed by atoms with van der Waals surface area (Å²) in [5.74, 6) is 0. The van der Waals surface area contributed by atoms with Gasteiger partial charge < -0.3 is 40.3 Å². The quantitative estimate of drug-likeness (QED) is 0.374. The van der Waals surface area contributed by atoms with Crippen LogP contribution in [0, 0.1) is 0 Å². The van der Waals surface area contributed by atoms with Crippen LogP contribution >= 0.6 is 0 Å². The van der Waals surface area contributed by atoms with Crippen LogP contribution in [0.25, 0.3) is 0 Å². The van der Waals surface area contributed by atoms with Crippen molar-refractivity contribution in [2.24, 2.45) is 0 Å². The summed E-state index contributed by atoms with van der Waals surface area (Å²) in [6.45, 7) is 22.2. The van der Waals surface area contributed by atoms with Crippen LogP contribution in [0.2, 0.25) is 39.3 Å². The van der Waals surface area contributed by atoms with Crippen LogP contribution in [0.15, 0.2) is 0 Å². The predicted molar refractivity (Wildman–Crippen MR) is 131 cm³/mol. The van der Waals surface area contributed by atoms with Gasteiger partial charge in [0, 0.05) is 39.6 Å². The molecule has 0 aliphatic carbocycles. The summed E-state index contributed by atoms with van der Waals surface area (Å²) in [5, 5.41) is 0. The summed E-state index contributed by atoms with van der Waals surface area (Å²) in [4.78, 5) is 19.1. The van der Waals surface area contributed by atoms with E-state index >= 15 is 0 Å². The molecule has 0 aromatic carbocycles. The van der Waals surface area contributed by atoms with Crippen molar-refractivity contribution in [3.8, 4) is 0 Å². The van der Waals surface area contributed by atoms with Crippen LogP contribution in [0.3, 0.4) is 0 Å². The van der Waals surface area contributed by atoms with Crippen LogP contribution in [-0.2, 0) is 30.7 Å². The monoisotopic (exact) mass is 520 g/mol. The van der Waals surface area contributed by atoms with Crippen molar-refractivity contribution >= 4 is 34.7 Å². The minimum atomic E-state index is -2.80. The SMILES string of the molecule is C1CCOC1.CCO[Si](OCC)(OCC)OCC.C[Si](C)(O)O[Si](C)(C)O[Si](C)(C)O. The molecule has 2 N–H and O–H groups in total. The maximum absolute atomic E-state index is 9.56. The first-order chi connectivity index (χ1) is 14.2. The Balaban J connectivity index is 0. The first-order valence-corrected chi connectivity index (χ1v) is 21.3. The molecule has 9 nitrogen and oxygen atoms in total. The zero-order valence-corrected chi connectivity index (χ0v) is 25.4. The Morgan fingerprint density at radius 3 is 1.06 bits per heavy atom. The molecule has 1 fully saturated rings. The standard InChI is InChI=1S/C8H20O4Si.C6H20O4Si3.C4H8O/c1-5-9-13(10-6-2,11-7-3)12-8-4;1-11(2,7)9-13(5,6)10-12(3,4)8;1-2-4-5-3-1/h5-8H2,1-4H3;7-8H,1-6H3;1-4H2. The Morgan fingerprint density at radius 2 is 0.903 bits per heavy atom. The van der Waals surface area contributed by atoms with Crippen LogP contribution in [0.4, 0.5) is 0 Å². The second-order valence-corrected chi connectivity index (χ2v) is 20.4. The Bertz CT molecular complexity index is 370. The van der Waals surface area contributed by atoms with E-state index in [1.807, 2.05) is 40.8 Å². The Labute approximate surface area is 194 Å². The average Bonchev–Trinajstić information content (AvgIpc) is 3.11. The molecular formula is C18H48O9Si4. The molecule has 0 aromatic heterocycles. The van der Waals surface area contributed by atoms with Crippen molar-refractivity contribution in [1.82, 2.24) is 0 Å². The van der Waals surface area contributed by atoms with E-state index in [9.17, 15) is 9.59 Å². The summed E-state index contributed by atoms with van der Waals surface area (Å²) in [5.41, 5.74) is 0. The van der Waals surface area contributed by atoms with Gasteiger partial charge >= 0.3 is 34.7 Å². The molecule has 0 spiro atoms. The molecule has 0 atom stereocenters. The largest absolute Gasteiger partial charge is 0.679 e. The van der Waals surface area contributed by atoms with Crippen molar-refractivity contribution in [3.05, 3.63) is 0 Å². The van der Waals surface area contributed by atoms with Gasteiger partial charge in [-0.3, -0.25) is 0 Å². The third kappa shape index (κ3) is 22.1. The van der Waals surface area contributed by atoms with Crippen LogP contribution < -0.4 is 0 Å². The third-order valence-corrected chi connectivity index (χ3v) is 13.6. The summed E-state index contributed by atoms with van der Waals surface area (Å²) < 4.78 is 37.6. The van der Waals surface area contributed by atoms with Gasteiger partial charge in [-0.1, -0.05) is 0 Å². The van der Waals surface area contributed by atoms with E-state index in [1.54, 1.807) is 26.2 Å². The lowest BCUT2D eigenvalue weighted by atomic mass is 10.4. The van der Waals surface area contributed by atoms with E-state index in [2.05, 4.69) is 0 Å². The van der Waals surface area contributed by atoms with Crippen LogP contribution in [0.1, 0.15) is 40.5 Å². The summed E-state index contributed by atoms with van der Waals surface area (Å²) in [7, 11) is -10.2. The van der Waals surface area contributed by atoms with Crippen LogP contribution in [0.5, 0.6) is 0 Å². The van der Waals surface area contributed by atoms with E-state index in [1.165, 1.54) is 12.8 Å². The molecule has 1 heterocycles. The average molecular weight is 521 g/mol. The first-order valence-electron chi connectivity index (χ1n) is 11.1. The lowest BCUT2D eigenvalue weighted by molar-refractivity contribution is -0.0247. The Kier molecular flexibility index (Phi) is 18.5. The highest BCUT2D eigenvalue weighted by molar-refractivity contribution is 6.83. The summed E-state index contributed by atoms with van der Waals surface area (Å²) in [6.07, 6.45) is 2.56. The van der Waals surface area contributed by atoms with Gasteiger partial charge in [0.1, 0.15) is 0 Å². The maximum atomic E-state index is 9.56. The highest BCUT2D eigenvalue weighted by Gasteiger charge is 2.44. The molecular weight excluding hydrogens is 473 g/mol. The molecule has 0 radical (unpaired) electrons. The second kappa shape index (κ2) is 17.0. The number of rotatable bonds is 12. The van der Waals surface area contributed by atoms with Gasteiger partial charge in [-0.2, -0.15) is 0 Å². The van der Waals surface area contributed by atoms with Gasteiger partial charge in [-0.25, -0.2) is 0 Å². The van der Waals surface area contributed by atoms with E-state index in [0.29, 0.717) is 26.4 Å². The van der Waals surface area contributed by atoms with Crippen molar-refractivity contribution in [2.45, 2.75) is 79.8 Å². The number of ether oxygens (including phenoxy) is 1. The van der Waals surface area contributed by atoms with E-state index < -0.39 is 34.7 Å². The molecule has 1 aliphatic rings. The Morgan fingerprint density at radius 1 is 0.613 bits per heavy atom. The zero-order chi connectivity index (χ0) is 24.6. The van der Waals surface area contributed by atoms with Gasteiger partial charge in [0.15, 0.2) is 0 Å². The first kappa shape index (κ1) is 33.7. The van der Waals surface area contributed by atoms with Gasteiger partial charge in [-0.05, 0) is 79.8 Å². The second-order valence-electron chi connectivity index (χ2n) is 8.05. The molecule has 0 amide bonds. The van der Waals surface area contributed by atoms with Gasteiger partial charge in [0.2, 0.25) is 0 Å². The van der Waals surface area contributed by atoms with Crippen molar-refractivity contribution in [2.75, 3.05) is 39.6 Å². The zero-order valence-electron chi connectivity index (χ0n) is 21.4. The van der Waals surface area contributed by atoms with Gasteiger partial charge in [-0.15, -0.1) is 0 Å². The van der Waals surface area contributed by atoms with Crippen molar-refractivity contribution in [1.29, 1.82) is 0 Å². The van der Waals surface area contributed by atoms with Crippen molar-refractivity contribution in [3.63, 3.8) is 0 Å².